The van der Waals surface area contributed by atoms with Crippen LogP contribution in [0.2, 0.25) is 5.02 Å². The number of carbonyl (C=O) groups excluding carboxylic acids is 2. The maximum absolute atomic E-state index is 13.0. The molecule has 1 heterocycles. The SMILES string of the molecule is CCN(CC)CCN1C(=O)C(=O)/C(=C(/O)c2ccc(Cl)cc2)[C@@H]1c1ccc(C)cc1. The molecule has 0 aromatic heterocycles. The molecule has 0 radical (unpaired) electrons. The predicted molar refractivity (Wildman–Crippen MR) is 119 cm³/mol. The van der Waals surface area contributed by atoms with Crippen LogP contribution in [0.4, 0.5) is 0 Å². The maximum Gasteiger partial charge on any atom is 0.295 e. The molecule has 1 fully saturated rings. The first-order chi connectivity index (χ1) is 14.4. The zero-order valence-electron chi connectivity index (χ0n) is 17.6. The summed E-state index contributed by atoms with van der Waals surface area (Å²) in [6.45, 7) is 8.90. The summed E-state index contributed by atoms with van der Waals surface area (Å²) in [5.74, 6) is -1.42. The number of amides is 1. The maximum atomic E-state index is 13.0. The number of aliphatic hydroxyl groups excluding tert-OH is 1. The average molecular weight is 427 g/mol. The van der Waals surface area contributed by atoms with E-state index in [-0.39, 0.29) is 11.3 Å². The molecule has 5 nitrogen and oxygen atoms in total. The summed E-state index contributed by atoms with van der Waals surface area (Å²) in [4.78, 5) is 29.7. The van der Waals surface area contributed by atoms with E-state index in [0.717, 1.165) is 24.2 Å². The molecule has 1 atom stereocenters. The number of benzene rings is 2. The number of ketones is 1. The van der Waals surface area contributed by atoms with Gasteiger partial charge in [-0.25, -0.2) is 0 Å². The number of likely N-dealkylation sites (N-methyl/N-ethyl adjacent to an activating group) is 1. The molecular weight excluding hydrogens is 400 g/mol. The molecule has 158 valence electrons. The highest BCUT2D eigenvalue weighted by molar-refractivity contribution is 6.46. The number of rotatable bonds is 7. The number of aliphatic hydroxyl groups is 1. The molecule has 0 bridgehead atoms. The summed E-state index contributed by atoms with van der Waals surface area (Å²) in [6, 6.07) is 13.7. The molecule has 0 aliphatic carbocycles. The van der Waals surface area contributed by atoms with Gasteiger partial charge in [-0.1, -0.05) is 55.3 Å². The summed E-state index contributed by atoms with van der Waals surface area (Å²) >= 11 is 5.96. The summed E-state index contributed by atoms with van der Waals surface area (Å²) in [5, 5.41) is 11.5. The number of aryl methyl sites for hydroxylation is 1. The zero-order chi connectivity index (χ0) is 21.8. The van der Waals surface area contributed by atoms with Crippen LogP contribution < -0.4 is 0 Å². The van der Waals surface area contributed by atoms with Gasteiger partial charge in [0.25, 0.3) is 11.7 Å². The largest absolute Gasteiger partial charge is 0.507 e. The van der Waals surface area contributed by atoms with Crippen molar-refractivity contribution < 1.29 is 14.7 Å². The first kappa shape index (κ1) is 22.1. The second-order valence-electron chi connectivity index (χ2n) is 7.44. The lowest BCUT2D eigenvalue weighted by molar-refractivity contribution is -0.140. The fourth-order valence-corrected chi connectivity index (χ4v) is 3.88. The molecule has 1 saturated heterocycles. The van der Waals surface area contributed by atoms with Crippen LogP contribution in [0.3, 0.4) is 0 Å². The van der Waals surface area contributed by atoms with Crippen molar-refractivity contribution in [2.24, 2.45) is 0 Å². The van der Waals surface area contributed by atoms with Gasteiger partial charge in [-0.2, -0.15) is 0 Å². The van der Waals surface area contributed by atoms with Gasteiger partial charge in [0.2, 0.25) is 0 Å². The van der Waals surface area contributed by atoms with Crippen LogP contribution >= 0.6 is 11.6 Å². The first-order valence-electron chi connectivity index (χ1n) is 10.2. The quantitative estimate of drug-likeness (QED) is 0.404. The van der Waals surface area contributed by atoms with Crippen molar-refractivity contribution in [2.75, 3.05) is 26.2 Å². The minimum absolute atomic E-state index is 0.116. The van der Waals surface area contributed by atoms with Crippen molar-refractivity contribution in [3.8, 4) is 0 Å². The lowest BCUT2D eigenvalue weighted by atomic mass is 9.95. The van der Waals surface area contributed by atoms with Crippen LogP contribution in [0.25, 0.3) is 5.76 Å². The van der Waals surface area contributed by atoms with Crippen LogP contribution in [0.15, 0.2) is 54.1 Å². The zero-order valence-corrected chi connectivity index (χ0v) is 18.3. The topological polar surface area (TPSA) is 60.9 Å². The number of Topliss-reactive ketones (excluding diaryl/α,β-unsaturated/α-hetero) is 1. The Morgan fingerprint density at radius 3 is 2.20 bits per heavy atom. The van der Waals surface area contributed by atoms with Crippen LogP contribution in [0, 0.1) is 6.92 Å². The van der Waals surface area contributed by atoms with E-state index >= 15 is 0 Å². The molecule has 0 spiro atoms. The highest BCUT2D eigenvalue weighted by atomic mass is 35.5. The molecule has 1 N–H and O–H groups in total. The van der Waals surface area contributed by atoms with Crippen molar-refractivity contribution >= 4 is 29.1 Å². The minimum Gasteiger partial charge on any atom is -0.507 e. The Balaban J connectivity index is 2.08. The molecule has 30 heavy (non-hydrogen) atoms. The van der Waals surface area contributed by atoms with E-state index < -0.39 is 17.7 Å². The molecular formula is C24H27ClN2O3. The molecule has 2 aromatic carbocycles. The van der Waals surface area contributed by atoms with Gasteiger partial charge in [-0.05, 0) is 49.8 Å². The Bertz CT molecular complexity index is 947. The van der Waals surface area contributed by atoms with Gasteiger partial charge in [-0.15, -0.1) is 0 Å². The molecule has 2 aromatic rings. The van der Waals surface area contributed by atoms with Crippen LogP contribution in [-0.2, 0) is 9.59 Å². The molecule has 6 heteroatoms. The second-order valence-corrected chi connectivity index (χ2v) is 7.87. The van der Waals surface area contributed by atoms with Gasteiger partial charge in [-0.3, -0.25) is 9.59 Å². The van der Waals surface area contributed by atoms with Gasteiger partial charge in [0.1, 0.15) is 5.76 Å². The number of hydrogen-bond acceptors (Lipinski definition) is 4. The average Bonchev–Trinajstić information content (AvgIpc) is 3.00. The van der Waals surface area contributed by atoms with E-state index in [9.17, 15) is 14.7 Å². The Morgan fingerprint density at radius 1 is 1.03 bits per heavy atom. The normalized spacial score (nSPS) is 18.4. The molecule has 0 unspecified atom stereocenters. The molecule has 1 amide bonds. The third-order valence-electron chi connectivity index (χ3n) is 5.60. The summed E-state index contributed by atoms with van der Waals surface area (Å²) in [5.41, 5.74) is 2.45. The van der Waals surface area contributed by atoms with Crippen molar-refractivity contribution in [1.82, 2.24) is 9.80 Å². The fraction of sp³-hybridized carbons (Fsp3) is 0.333. The third kappa shape index (κ3) is 4.42. The summed E-state index contributed by atoms with van der Waals surface area (Å²) < 4.78 is 0. The number of hydrogen-bond donors (Lipinski definition) is 1. The van der Waals surface area contributed by atoms with E-state index in [1.54, 1.807) is 29.2 Å². The molecule has 1 aliphatic heterocycles. The van der Waals surface area contributed by atoms with Crippen molar-refractivity contribution in [3.63, 3.8) is 0 Å². The smallest absolute Gasteiger partial charge is 0.295 e. The van der Waals surface area contributed by atoms with E-state index in [2.05, 4.69) is 18.7 Å². The fourth-order valence-electron chi connectivity index (χ4n) is 3.76. The summed E-state index contributed by atoms with van der Waals surface area (Å²) in [6.07, 6.45) is 0. The minimum atomic E-state index is -0.660. The number of likely N-dealkylation sites (tertiary alicyclic amines) is 1. The van der Waals surface area contributed by atoms with E-state index in [0.29, 0.717) is 23.7 Å². The Labute approximate surface area is 182 Å². The number of nitrogens with zero attached hydrogens (tertiary/aromatic N) is 2. The van der Waals surface area contributed by atoms with Crippen molar-refractivity contribution in [1.29, 1.82) is 0 Å². The van der Waals surface area contributed by atoms with E-state index in [1.807, 2.05) is 31.2 Å². The summed E-state index contributed by atoms with van der Waals surface area (Å²) in [7, 11) is 0. The third-order valence-corrected chi connectivity index (χ3v) is 5.85. The first-order valence-corrected chi connectivity index (χ1v) is 10.6. The lowest BCUT2D eigenvalue weighted by Gasteiger charge is -2.28. The van der Waals surface area contributed by atoms with Gasteiger partial charge >= 0.3 is 0 Å². The van der Waals surface area contributed by atoms with Crippen molar-refractivity contribution in [2.45, 2.75) is 26.8 Å². The Hall–Kier alpha value is -2.63. The standard InChI is InChI=1S/C24H27ClN2O3/c1-4-26(5-2)14-15-27-21(17-8-6-16(3)7-9-17)20(23(29)24(27)30)22(28)18-10-12-19(25)13-11-18/h6-13,21,28H,4-5,14-15H2,1-3H3/b22-20+/t21-/m0/s1. The second kappa shape index (κ2) is 9.45. The van der Waals surface area contributed by atoms with Crippen LogP contribution in [0.5, 0.6) is 0 Å². The molecule has 3 rings (SSSR count). The number of carbonyl (C=O) groups is 2. The van der Waals surface area contributed by atoms with Crippen LogP contribution in [-0.4, -0.2) is 52.8 Å². The monoisotopic (exact) mass is 426 g/mol. The van der Waals surface area contributed by atoms with Crippen LogP contribution in [0.1, 0.15) is 36.6 Å². The van der Waals surface area contributed by atoms with Gasteiger partial charge in [0, 0.05) is 23.7 Å². The van der Waals surface area contributed by atoms with Gasteiger partial charge in [0.05, 0.1) is 11.6 Å². The lowest BCUT2D eigenvalue weighted by Crippen LogP contribution is -2.38. The molecule has 1 aliphatic rings. The highest BCUT2D eigenvalue weighted by Crippen LogP contribution is 2.39. The van der Waals surface area contributed by atoms with E-state index in [1.165, 1.54) is 0 Å². The Kier molecular flexibility index (Phi) is 6.95. The van der Waals surface area contributed by atoms with Gasteiger partial charge < -0.3 is 14.9 Å². The Morgan fingerprint density at radius 2 is 1.63 bits per heavy atom. The highest BCUT2D eigenvalue weighted by Gasteiger charge is 2.45. The van der Waals surface area contributed by atoms with Crippen molar-refractivity contribution in [3.05, 3.63) is 75.8 Å². The van der Waals surface area contributed by atoms with E-state index in [4.69, 9.17) is 11.6 Å². The van der Waals surface area contributed by atoms with Gasteiger partial charge in [0.15, 0.2) is 0 Å². The molecule has 0 saturated carbocycles. The predicted octanol–water partition coefficient (Wildman–Crippen LogP) is 4.41. The number of halogens is 1.